The number of amides is 1. The van der Waals surface area contributed by atoms with E-state index in [-0.39, 0.29) is 16.6 Å². The van der Waals surface area contributed by atoms with Gasteiger partial charge in [-0.15, -0.1) is 0 Å². The number of fused-ring (bicyclic) bond motifs is 1. The van der Waals surface area contributed by atoms with Crippen molar-refractivity contribution in [1.29, 1.82) is 0 Å². The van der Waals surface area contributed by atoms with Crippen molar-refractivity contribution < 1.29 is 13.2 Å². The van der Waals surface area contributed by atoms with Crippen LogP contribution in [-0.2, 0) is 27.8 Å². The second-order valence-corrected chi connectivity index (χ2v) is 9.68. The van der Waals surface area contributed by atoms with Crippen LogP contribution in [0, 0.1) is 0 Å². The molecule has 4 rings (SSSR count). The molecular weight excluding hydrogens is 444 g/mol. The number of imidazole rings is 1. The minimum absolute atomic E-state index is 0.00277. The van der Waals surface area contributed by atoms with Gasteiger partial charge in [0.05, 0.1) is 21.7 Å². The van der Waals surface area contributed by atoms with Crippen LogP contribution < -0.4 is 10.5 Å². The lowest BCUT2D eigenvalue weighted by Crippen LogP contribution is -2.15. The number of carbonyl (C=O) groups is 1. The fourth-order valence-electron chi connectivity index (χ4n) is 3.32. The van der Waals surface area contributed by atoms with Crippen molar-refractivity contribution in [2.75, 3.05) is 11.1 Å². The second kappa shape index (κ2) is 9.56. The first kappa shape index (κ1) is 22.1. The molecule has 4 aromatic rings. The molecular formula is C23H22N4O3S2. The number of para-hydroxylation sites is 2. The van der Waals surface area contributed by atoms with Gasteiger partial charge in [-0.3, -0.25) is 4.79 Å². The van der Waals surface area contributed by atoms with Crippen LogP contribution in [0.15, 0.2) is 88.9 Å². The molecule has 0 fully saturated rings. The smallest absolute Gasteiger partial charge is 0.238 e. The third-order valence-electron chi connectivity index (χ3n) is 4.89. The van der Waals surface area contributed by atoms with Crippen LogP contribution in [0.1, 0.15) is 5.56 Å². The maximum Gasteiger partial charge on any atom is 0.238 e. The van der Waals surface area contributed by atoms with Gasteiger partial charge in [-0.05, 0) is 48.4 Å². The molecule has 0 bridgehead atoms. The second-order valence-electron chi connectivity index (χ2n) is 7.18. The average Bonchev–Trinajstić information content (AvgIpc) is 3.14. The van der Waals surface area contributed by atoms with Gasteiger partial charge in [0.25, 0.3) is 0 Å². The number of hydrogen-bond donors (Lipinski definition) is 2. The summed E-state index contributed by atoms with van der Waals surface area (Å²) in [4.78, 5) is 17.2. The Bertz CT molecular complexity index is 1330. The van der Waals surface area contributed by atoms with Crippen LogP contribution in [0.5, 0.6) is 0 Å². The van der Waals surface area contributed by atoms with Gasteiger partial charge < -0.3 is 9.88 Å². The Kier molecular flexibility index (Phi) is 6.59. The number of aryl methyl sites for hydroxylation is 2. The van der Waals surface area contributed by atoms with Crippen LogP contribution in [0.3, 0.4) is 0 Å². The summed E-state index contributed by atoms with van der Waals surface area (Å²) in [5, 5.41) is 8.65. The van der Waals surface area contributed by atoms with Gasteiger partial charge in [0.1, 0.15) is 0 Å². The monoisotopic (exact) mass is 466 g/mol. The molecule has 0 aliphatic heterocycles. The lowest BCUT2D eigenvalue weighted by atomic mass is 10.1. The zero-order valence-corrected chi connectivity index (χ0v) is 18.8. The van der Waals surface area contributed by atoms with Crippen LogP contribution in [0.2, 0.25) is 0 Å². The summed E-state index contributed by atoms with van der Waals surface area (Å²) < 4.78 is 24.8. The molecule has 164 valence electrons. The van der Waals surface area contributed by atoms with E-state index in [1.165, 1.54) is 41.6 Å². The summed E-state index contributed by atoms with van der Waals surface area (Å²) in [6.07, 6.45) is 0.858. The van der Waals surface area contributed by atoms with Crippen molar-refractivity contribution in [3.05, 3.63) is 84.4 Å². The van der Waals surface area contributed by atoms with E-state index < -0.39 is 10.0 Å². The number of sulfonamides is 1. The van der Waals surface area contributed by atoms with E-state index in [2.05, 4.69) is 22.0 Å². The number of benzene rings is 3. The fraction of sp³-hybridized carbons (Fsp3) is 0.130. The number of nitrogens with two attached hydrogens (primary N) is 1. The number of rotatable bonds is 8. The summed E-state index contributed by atoms with van der Waals surface area (Å²) in [6, 6.07) is 23.9. The van der Waals surface area contributed by atoms with Crippen LogP contribution in [-0.4, -0.2) is 29.6 Å². The molecule has 1 aromatic heterocycles. The predicted molar refractivity (Wildman–Crippen MR) is 127 cm³/mol. The SMILES string of the molecule is NS(=O)(=O)c1ccc(NC(=O)CSc2nc3ccccc3n2CCc2ccccc2)cc1. The van der Waals surface area contributed by atoms with Crippen molar-refractivity contribution in [2.45, 2.75) is 23.0 Å². The van der Waals surface area contributed by atoms with Gasteiger partial charge >= 0.3 is 0 Å². The molecule has 0 saturated heterocycles. The Labute approximate surface area is 190 Å². The topological polar surface area (TPSA) is 107 Å². The van der Waals surface area contributed by atoms with E-state index >= 15 is 0 Å². The van der Waals surface area contributed by atoms with E-state index in [9.17, 15) is 13.2 Å². The summed E-state index contributed by atoms with van der Waals surface area (Å²) >= 11 is 1.37. The standard InChI is InChI=1S/C23H22N4O3S2/c24-32(29,30)19-12-10-18(11-13-19)25-22(28)16-31-23-26-20-8-4-5-9-21(20)27(23)15-14-17-6-2-1-3-7-17/h1-13H,14-16H2,(H,25,28)(H2,24,29,30). The Morgan fingerprint density at radius 3 is 2.38 bits per heavy atom. The number of anilines is 1. The van der Waals surface area contributed by atoms with E-state index in [1.807, 2.05) is 42.5 Å². The van der Waals surface area contributed by atoms with Crippen LogP contribution in [0.4, 0.5) is 5.69 Å². The number of nitrogens with one attached hydrogen (secondary N) is 1. The van der Waals surface area contributed by atoms with Gasteiger partial charge in [0.15, 0.2) is 5.16 Å². The summed E-state index contributed by atoms with van der Waals surface area (Å²) in [5.41, 5.74) is 3.66. The van der Waals surface area contributed by atoms with Crippen molar-refractivity contribution in [1.82, 2.24) is 9.55 Å². The van der Waals surface area contributed by atoms with Crippen LogP contribution in [0.25, 0.3) is 11.0 Å². The van der Waals surface area contributed by atoms with E-state index in [1.54, 1.807) is 0 Å². The Hall–Kier alpha value is -3.14. The van der Waals surface area contributed by atoms with Crippen molar-refractivity contribution in [3.63, 3.8) is 0 Å². The number of nitrogens with zero attached hydrogens (tertiary/aromatic N) is 2. The molecule has 1 amide bonds. The number of carbonyl (C=O) groups excluding carboxylic acids is 1. The molecule has 1 heterocycles. The van der Waals surface area contributed by atoms with Crippen molar-refractivity contribution in [2.24, 2.45) is 5.14 Å². The Morgan fingerprint density at radius 2 is 1.66 bits per heavy atom. The molecule has 9 heteroatoms. The molecule has 0 aliphatic carbocycles. The molecule has 0 radical (unpaired) electrons. The minimum atomic E-state index is -3.77. The maximum atomic E-state index is 12.5. The Balaban J connectivity index is 1.44. The molecule has 7 nitrogen and oxygen atoms in total. The van der Waals surface area contributed by atoms with E-state index in [0.717, 1.165) is 29.2 Å². The lowest BCUT2D eigenvalue weighted by molar-refractivity contribution is -0.113. The van der Waals surface area contributed by atoms with E-state index in [4.69, 9.17) is 10.1 Å². The largest absolute Gasteiger partial charge is 0.325 e. The molecule has 0 unspecified atom stereocenters. The molecule has 3 N–H and O–H groups in total. The fourth-order valence-corrected chi connectivity index (χ4v) is 4.68. The molecule has 32 heavy (non-hydrogen) atoms. The molecule has 0 spiro atoms. The number of aromatic nitrogens is 2. The first-order valence-electron chi connectivity index (χ1n) is 9.95. The van der Waals surface area contributed by atoms with Gasteiger partial charge in [-0.1, -0.05) is 54.2 Å². The summed E-state index contributed by atoms with van der Waals surface area (Å²) in [7, 11) is -3.77. The van der Waals surface area contributed by atoms with Gasteiger partial charge in [0, 0.05) is 12.2 Å². The summed E-state index contributed by atoms with van der Waals surface area (Å²) in [6.45, 7) is 0.753. The van der Waals surface area contributed by atoms with Gasteiger partial charge in [0.2, 0.25) is 15.9 Å². The highest BCUT2D eigenvalue weighted by atomic mass is 32.2. The minimum Gasteiger partial charge on any atom is -0.325 e. The zero-order chi connectivity index (χ0) is 22.6. The van der Waals surface area contributed by atoms with Crippen molar-refractivity contribution in [3.8, 4) is 0 Å². The predicted octanol–water partition coefficient (Wildman–Crippen LogP) is 3.66. The molecule has 0 saturated carbocycles. The first-order valence-corrected chi connectivity index (χ1v) is 12.5. The third kappa shape index (κ3) is 5.37. The highest BCUT2D eigenvalue weighted by Gasteiger charge is 2.14. The zero-order valence-electron chi connectivity index (χ0n) is 17.1. The Morgan fingerprint density at radius 1 is 0.969 bits per heavy atom. The number of thioether (sulfide) groups is 1. The first-order chi connectivity index (χ1) is 15.4. The lowest BCUT2D eigenvalue weighted by Gasteiger charge is -2.10. The van der Waals surface area contributed by atoms with Crippen LogP contribution >= 0.6 is 11.8 Å². The quantitative estimate of drug-likeness (QED) is 0.386. The summed E-state index contributed by atoms with van der Waals surface area (Å²) in [5.74, 6) is -0.0361. The molecule has 0 aliphatic rings. The van der Waals surface area contributed by atoms with E-state index in [0.29, 0.717) is 5.69 Å². The van der Waals surface area contributed by atoms with Gasteiger partial charge in [-0.25, -0.2) is 18.5 Å². The normalized spacial score (nSPS) is 11.5. The molecule has 0 atom stereocenters. The molecule has 3 aromatic carbocycles. The van der Waals surface area contributed by atoms with Gasteiger partial charge in [-0.2, -0.15) is 0 Å². The third-order valence-corrected chi connectivity index (χ3v) is 6.79. The highest BCUT2D eigenvalue weighted by molar-refractivity contribution is 7.99. The number of hydrogen-bond acceptors (Lipinski definition) is 5. The maximum absolute atomic E-state index is 12.5. The number of primary sulfonamides is 1. The van der Waals surface area contributed by atoms with Crippen molar-refractivity contribution >= 4 is 44.4 Å². The highest BCUT2D eigenvalue weighted by Crippen LogP contribution is 2.25. The average molecular weight is 467 g/mol.